The minimum Gasteiger partial charge on any atom is -0.870 e. The van der Waals surface area contributed by atoms with Crippen molar-refractivity contribution in [3.8, 4) is 0 Å². The van der Waals surface area contributed by atoms with Crippen molar-refractivity contribution in [2.75, 3.05) is 6.26 Å². The minimum atomic E-state index is 0. The maximum absolute atomic E-state index is 2.97. The summed E-state index contributed by atoms with van der Waals surface area (Å²) in [6, 6.07) is 0. The van der Waals surface area contributed by atoms with Crippen LogP contribution < -0.4 is 0 Å². The average Bonchev–Trinajstić information content (AvgIpc) is 1.00. The Balaban J connectivity index is -0.00000000500. The van der Waals surface area contributed by atoms with Gasteiger partial charge in [0, 0.05) is 51.4 Å². The SMILES string of the molecule is C[SH2+].[K].[OH-]. The average molecular weight is 105 g/mol. The molecule has 0 saturated carbocycles. The van der Waals surface area contributed by atoms with Crippen LogP contribution in [0.5, 0.6) is 0 Å². The van der Waals surface area contributed by atoms with Crippen molar-refractivity contribution in [2.45, 2.75) is 0 Å². The molecule has 3 heteroatoms. The molecule has 0 aromatic carbocycles. The van der Waals surface area contributed by atoms with Crippen molar-refractivity contribution in [3.05, 3.63) is 0 Å². The van der Waals surface area contributed by atoms with Gasteiger partial charge in [-0.2, -0.15) is 0 Å². The van der Waals surface area contributed by atoms with Gasteiger partial charge in [-0.15, -0.1) is 0 Å². The predicted molar refractivity (Wildman–Crippen MR) is 23.8 cm³/mol. The maximum Gasteiger partial charge on any atom is 0.0929 e. The van der Waals surface area contributed by atoms with Crippen molar-refractivity contribution in [1.82, 2.24) is 0 Å². The molecular weight excluding hydrogens is 99.2 g/mol. The standard InChI is InChI=1S/CH4S.K.H2O/c1-2;;/h2H,1H3;;1H2. The van der Waals surface area contributed by atoms with E-state index < -0.39 is 0 Å². The van der Waals surface area contributed by atoms with Gasteiger partial charge in [0.1, 0.15) is 0 Å². The molecule has 0 bridgehead atoms. The number of rotatable bonds is 0. The van der Waals surface area contributed by atoms with Gasteiger partial charge in [-0.25, -0.2) is 0 Å². The van der Waals surface area contributed by atoms with Crippen LogP contribution >= 0.6 is 0 Å². The summed E-state index contributed by atoms with van der Waals surface area (Å²) in [5, 5.41) is 0. The van der Waals surface area contributed by atoms with E-state index in [0.29, 0.717) is 0 Å². The van der Waals surface area contributed by atoms with E-state index in [9.17, 15) is 0 Å². The quantitative estimate of drug-likeness (QED) is 0.289. The molecule has 0 aliphatic heterocycles. The zero-order valence-corrected chi connectivity index (χ0v) is 7.07. The summed E-state index contributed by atoms with van der Waals surface area (Å²) in [4.78, 5) is 0. The van der Waals surface area contributed by atoms with Gasteiger partial charge in [-0.3, -0.25) is 0 Å². The Labute approximate surface area is 74.3 Å². The van der Waals surface area contributed by atoms with Gasteiger partial charge >= 0.3 is 0 Å². The van der Waals surface area contributed by atoms with Crippen LogP contribution in [0.2, 0.25) is 0 Å². The number of hydrogen-bond donors (Lipinski definition) is 0. The van der Waals surface area contributed by atoms with Crippen LogP contribution in [0.1, 0.15) is 0 Å². The van der Waals surface area contributed by atoms with Gasteiger partial charge in [0.25, 0.3) is 0 Å². The molecule has 1 N–H and O–H groups in total. The van der Waals surface area contributed by atoms with Crippen molar-refractivity contribution in [2.24, 2.45) is 0 Å². The van der Waals surface area contributed by atoms with Crippen LogP contribution in [0, 0.1) is 0 Å². The monoisotopic (exact) mass is 105 g/mol. The Hall–Kier alpha value is 1.95. The first-order valence-electron chi connectivity index (χ1n) is 0.500. The molecule has 1 radical (unpaired) electrons. The Morgan fingerprint density at radius 2 is 1.25 bits per heavy atom. The van der Waals surface area contributed by atoms with E-state index >= 15 is 0 Å². The molecular formula is CH6KOS. The zero-order chi connectivity index (χ0) is 2.00. The summed E-state index contributed by atoms with van der Waals surface area (Å²) in [6.07, 6.45) is 1.81. The van der Waals surface area contributed by atoms with E-state index in [4.69, 9.17) is 0 Å². The van der Waals surface area contributed by atoms with Gasteiger partial charge in [-0.05, 0) is 12.6 Å². The molecule has 0 saturated heterocycles. The summed E-state index contributed by atoms with van der Waals surface area (Å²) in [6.45, 7) is 0. The molecule has 4 heavy (non-hydrogen) atoms. The fourth-order valence-electron chi connectivity index (χ4n) is 0. The van der Waals surface area contributed by atoms with Crippen LogP contribution in [0.4, 0.5) is 0 Å². The van der Waals surface area contributed by atoms with Crippen LogP contribution in [0.3, 0.4) is 0 Å². The maximum atomic E-state index is 2.97. The summed E-state index contributed by atoms with van der Waals surface area (Å²) in [7, 11) is 0. The van der Waals surface area contributed by atoms with Gasteiger partial charge < -0.3 is 5.48 Å². The van der Waals surface area contributed by atoms with Crippen LogP contribution in [0.25, 0.3) is 0 Å². The molecule has 0 aromatic rings. The molecule has 1 nitrogen and oxygen atoms in total. The fraction of sp³-hybridized carbons (Fsp3) is 1.00. The van der Waals surface area contributed by atoms with E-state index in [1.165, 1.54) is 0 Å². The fourth-order valence-corrected chi connectivity index (χ4v) is 0. The second-order valence-corrected chi connectivity index (χ2v) is 0. The molecule has 0 aliphatic carbocycles. The third kappa shape index (κ3) is 9.04. The van der Waals surface area contributed by atoms with Gasteiger partial charge in [0.05, 0.1) is 6.26 Å². The summed E-state index contributed by atoms with van der Waals surface area (Å²) >= 11 is 2.97. The van der Waals surface area contributed by atoms with Gasteiger partial charge in [0.2, 0.25) is 0 Å². The summed E-state index contributed by atoms with van der Waals surface area (Å²) in [5.41, 5.74) is 0. The Kier molecular flexibility index (Phi) is 85.2. The van der Waals surface area contributed by atoms with Crippen molar-refractivity contribution < 1.29 is 5.48 Å². The smallest absolute Gasteiger partial charge is 0.0929 e. The molecule has 0 amide bonds. The second kappa shape index (κ2) is 20.3. The molecule has 0 heterocycles. The van der Waals surface area contributed by atoms with Crippen molar-refractivity contribution in [3.63, 3.8) is 0 Å². The first-order valence-corrected chi connectivity index (χ1v) is 1.50. The van der Waals surface area contributed by atoms with Gasteiger partial charge in [0.15, 0.2) is 0 Å². The Morgan fingerprint density at radius 3 is 1.25 bits per heavy atom. The first-order chi connectivity index (χ1) is 1.00. The molecule has 0 spiro atoms. The van der Waals surface area contributed by atoms with Gasteiger partial charge in [-0.1, -0.05) is 0 Å². The molecule has 0 rings (SSSR count). The van der Waals surface area contributed by atoms with Crippen LogP contribution in [-0.2, 0) is 12.6 Å². The van der Waals surface area contributed by atoms with E-state index in [0.717, 1.165) is 0 Å². The zero-order valence-electron chi connectivity index (χ0n) is 2.95. The van der Waals surface area contributed by atoms with E-state index in [2.05, 4.69) is 12.6 Å². The molecule has 23 valence electrons. The third-order valence-corrected chi connectivity index (χ3v) is 0. The molecule has 0 atom stereocenters. The second-order valence-electron chi connectivity index (χ2n) is 0. The molecule has 0 aliphatic rings. The molecule has 0 unspecified atom stereocenters. The molecule has 0 aromatic heterocycles. The summed E-state index contributed by atoms with van der Waals surface area (Å²) < 4.78 is 0. The topological polar surface area (TPSA) is 30.0 Å². The van der Waals surface area contributed by atoms with Crippen LogP contribution in [-0.4, -0.2) is 63.1 Å². The Morgan fingerprint density at radius 1 is 1.25 bits per heavy atom. The minimum absolute atomic E-state index is 0. The largest absolute Gasteiger partial charge is 0.870 e. The Bertz CT molecular complexity index is 8.00. The van der Waals surface area contributed by atoms with Crippen LogP contribution in [0.15, 0.2) is 0 Å². The predicted octanol–water partition coefficient (Wildman–Crippen LogP) is -0.930. The normalized spacial score (nSPS) is 1.50. The van der Waals surface area contributed by atoms with Crippen molar-refractivity contribution in [1.29, 1.82) is 0 Å². The van der Waals surface area contributed by atoms with E-state index in [1.54, 1.807) is 6.26 Å². The van der Waals surface area contributed by atoms with E-state index in [1.807, 2.05) is 0 Å². The molecule has 0 fully saturated rings. The van der Waals surface area contributed by atoms with E-state index in [-0.39, 0.29) is 56.9 Å². The third-order valence-electron chi connectivity index (χ3n) is 0. The summed E-state index contributed by atoms with van der Waals surface area (Å²) in [5.74, 6) is 0. The van der Waals surface area contributed by atoms with Crippen molar-refractivity contribution >= 4 is 64.0 Å². The number of hydrogen-bond acceptors (Lipinski definition) is 1. The first kappa shape index (κ1) is 16.8.